The van der Waals surface area contributed by atoms with E-state index in [1.54, 1.807) is 7.05 Å². The van der Waals surface area contributed by atoms with Gasteiger partial charge in [0.15, 0.2) is 0 Å². The van der Waals surface area contributed by atoms with Crippen molar-refractivity contribution in [3.63, 3.8) is 0 Å². The summed E-state index contributed by atoms with van der Waals surface area (Å²) in [6.07, 6.45) is 3.24. The van der Waals surface area contributed by atoms with Crippen molar-refractivity contribution in [2.24, 2.45) is 12.0 Å². The minimum Gasteiger partial charge on any atom is -0.304 e. The second kappa shape index (κ2) is 7.33. The van der Waals surface area contributed by atoms with Gasteiger partial charge in [-0.3, -0.25) is 4.99 Å². The average molecular weight is 383 g/mol. The maximum Gasteiger partial charge on any atom is 0.286 e. The maximum atomic E-state index is 7.52. The maximum absolute atomic E-state index is 7.52. The van der Waals surface area contributed by atoms with E-state index in [0.29, 0.717) is 5.70 Å². The van der Waals surface area contributed by atoms with Gasteiger partial charge in [0.25, 0.3) is 5.82 Å². The molecule has 106 valence electrons. The Balaban J connectivity index is 3.47. The Bertz CT molecular complexity index is 587. The van der Waals surface area contributed by atoms with Crippen LogP contribution in [-0.2, 0) is 7.05 Å². The molecule has 0 amide bonds. The zero-order valence-corrected chi connectivity index (χ0v) is 14.5. The quantitative estimate of drug-likeness (QED) is 0.474. The number of anilines is 1. The molecule has 1 N–H and O–H groups in total. The molecule has 0 saturated carbocycles. The van der Waals surface area contributed by atoms with Gasteiger partial charge in [-0.2, -0.15) is 4.90 Å². The molecule has 4 nitrogen and oxygen atoms in total. The van der Waals surface area contributed by atoms with E-state index >= 15 is 0 Å². The zero-order chi connectivity index (χ0) is 15.3. The predicted molar refractivity (Wildman–Crippen MR) is 93.8 cm³/mol. The lowest BCUT2D eigenvalue weighted by Crippen LogP contribution is -2.38. The Morgan fingerprint density at radius 2 is 2.10 bits per heavy atom. The van der Waals surface area contributed by atoms with E-state index in [4.69, 9.17) is 5.41 Å². The number of pyridine rings is 1. The van der Waals surface area contributed by atoms with Crippen LogP contribution in [0.25, 0.3) is 0 Å². The summed E-state index contributed by atoms with van der Waals surface area (Å²) in [4.78, 5) is 6.18. The molecular weight excluding hydrogens is 363 g/mol. The number of hydrogen-bond acceptors (Lipinski definition) is 3. The number of halogens is 1. The Kier molecular flexibility index (Phi) is 6.06. The summed E-state index contributed by atoms with van der Waals surface area (Å²) in [6.45, 7) is 8.01. The second-order valence-corrected chi connectivity index (χ2v) is 5.39. The molecule has 0 aromatic carbocycles. The Morgan fingerprint density at radius 1 is 1.45 bits per heavy atom. The first-order valence-electron chi connectivity index (χ1n) is 6.18. The molecule has 0 bridgehead atoms. The summed E-state index contributed by atoms with van der Waals surface area (Å²) in [5, 5.41) is 7.52. The predicted octanol–water partition coefficient (Wildman–Crippen LogP) is 3.24. The smallest absolute Gasteiger partial charge is 0.286 e. The highest BCUT2D eigenvalue weighted by atomic mass is 127. The van der Waals surface area contributed by atoms with E-state index in [-0.39, 0.29) is 0 Å². The Morgan fingerprint density at radius 3 is 2.60 bits per heavy atom. The molecule has 0 aliphatic rings. The molecule has 0 radical (unpaired) electrons. The highest BCUT2D eigenvalue weighted by Crippen LogP contribution is 2.23. The standard InChI is InChI=1S/C15H20IN4/c1-11(10-17)20(13(3)12(2)15(16)18-4)14-8-6-7-9-19(14)5/h6-10,17H,1H2,2-5H3/q+1/b13-12+,17-10?,18-15+. The third-order valence-corrected chi connectivity index (χ3v) is 4.39. The first kappa shape index (κ1) is 16.6. The van der Waals surface area contributed by atoms with Crippen molar-refractivity contribution >= 4 is 38.3 Å². The highest BCUT2D eigenvalue weighted by Gasteiger charge is 2.24. The fourth-order valence-electron chi connectivity index (χ4n) is 1.83. The van der Waals surface area contributed by atoms with Gasteiger partial charge in [0.05, 0.1) is 19.5 Å². The fraction of sp³-hybridized carbons (Fsp3) is 0.267. The van der Waals surface area contributed by atoms with Crippen LogP contribution in [0.1, 0.15) is 13.8 Å². The fourth-order valence-corrected chi connectivity index (χ4v) is 2.22. The van der Waals surface area contributed by atoms with Gasteiger partial charge in [0.1, 0.15) is 15.1 Å². The Hall–Kier alpha value is -1.50. The van der Waals surface area contributed by atoms with Crippen LogP contribution in [0.4, 0.5) is 5.82 Å². The SMILES string of the molecule is C=C(C=N)N(/C(C)=C(C)/C(I)=N\C)c1cccc[n+]1C. The molecule has 20 heavy (non-hydrogen) atoms. The summed E-state index contributed by atoms with van der Waals surface area (Å²) in [7, 11) is 3.75. The molecule has 1 heterocycles. The van der Waals surface area contributed by atoms with Gasteiger partial charge in [-0.25, -0.2) is 4.57 Å². The van der Waals surface area contributed by atoms with Crippen LogP contribution in [0.5, 0.6) is 0 Å². The van der Waals surface area contributed by atoms with Crippen molar-refractivity contribution in [3.05, 3.63) is 47.9 Å². The molecule has 0 aliphatic carbocycles. The molecular formula is C15H20IN4+. The minimum atomic E-state index is 0.615. The molecule has 0 fully saturated rings. The summed E-state index contributed by atoms with van der Waals surface area (Å²) >= 11 is 2.22. The highest BCUT2D eigenvalue weighted by molar-refractivity contribution is 14.1. The lowest BCUT2D eigenvalue weighted by molar-refractivity contribution is -0.658. The van der Waals surface area contributed by atoms with Gasteiger partial charge in [-0.05, 0) is 49.1 Å². The summed E-state index contributed by atoms with van der Waals surface area (Å²) in [6, 6.07) is 5.94. The van der Waals surface area contributed by atoms with Gasteiger partial charge in [0.2, 0.25) is 0 Å². The van der Waals surface area contributed by atoms with E-state index in [9.17, 15) is 0 Å². The molecule has 5 heteroatoms. The number of aryl methyl sites for hydroxylation is 1. The third-order valence-electron chi connectivity index (χ3n) is 3.09. The third kappa shape index (κ3) is 3.53. The number of nitrogens with one attached hydrogen (secondary N) is 1. The number of rotatable bonds is 5. The summed E-state index contributed by atoms with van der Waals surface area (Å²) in [5.74, 6) is 0.957. The van der Waals surface area contributed by atoms with Gasteiger partial charge in [0, 0.05) is 18.7 Å². The monoisotopic (exact) mass is 383 g/mol. The van der Waals surface area contributed by atoms with E-state index < -0.39 is 0 Å². The zero-order valence-electron chi connectivity index (χ0n) is 12.3. The van der Waals surface area contributed by atoms with Crippen LogP contribution >= 0.6 is 22.6 Å². The average Bonchev–Trinajstić information content (AvgIpc) is 2.47. The van der Waals surface area contributed by atoms with Crippen molar-refractivity contribution in [2.75, 3.05) is 11.9 Å². The van der Waals surface area contributed by atoms with E-state index in [1.807, 2.05) is 54.8 Å². The number of nitrogens with zero attached hydrogens (tertiary/aromatic N) is 3. The van der Waals surface area contributed by atoms with Crippen molar-refractivity contribution in [1.82, 2.24) is 0 Å². The molecule has 0 spiro atoms. The topological polar surface area (TPSA) is 43.3 Å². The largest absolute Gasteiger partial charge is 0.304 e. The van der Waals surface area contributed by atoms with Crippen LogP contribution in [-0.4, -0.2) is 17.0 Å². The lowest BCUT2D eigenvalue weighted by atomic mass is 10.2. The normalized spacial score (nSPS) is 12.8. The summed E-state index contributed by atoms with van der Waals surface area (Å²) < 4.78 is 2.95. The van der Waals surface area contributed by atoms with E-state index in [2.05, 4.69) is 34.2 Å². The van der Waals surface area contributed by atoms with Gasteiger partial charge in [-0.1, -0.05) is 6.07 Å². The van der Waals surface area contributed by atoms with Crippen molar-refractivity contribution in [3.8, 4) is 0 Å². The first-order valence-corrected chi connectivity index (χ1v) is 7.26. The minimum absolute atomic E-state index is 0.615. The second-order valence-electron chi connectivity index (χ2n) is 4.37. The Labute approximate surface area is 134 Å². The van der Waals surface area contributed by atoms with E-state index in [0.717, 1.165) is 20.8 Å². The summed E-state index contributed by atoms with van der Waals surface area (Å²) in [5.41, 5.74) is 2.69. The van der Waals surface area contributed by atoms with Crippen molar-refractivity contribution in [1.29, 1.82) is 5.41 Å². The molecule has 0 aliphatic heterocycles. The van der Waals surface area contributed by atoms with Crippen molar-refractivity contribution < 1.29 is 4.57 Å². The molecule has 0 atom stereocenters. The van der Waals surface area contributed by atoms with Crippen LogP contribution in [0.15, 0.2) is 52.9 Å². The first-order chi connectivity index (χ1) is 9.43. The molecule has 1 aromatic heterocycles. The van der Waals surface area contributed by atoms with E-state index in [1.165, 1.54) is 6.21 Å². The van der Waals surface area contributed by atoms with Gasteiger partial charge >= 0.3 is 0 Å². The van der Waals surface area contributed by atoms with Gasteiger partial charge < -0.3 is 5.41 Å². The molecule has 0 unspecified atom stereocenters. The van der Waals surface area contributed by atoms with Crippen LogP contribution in [0.3, 0.4) is 0 Å². The van der Waals surface area contributed by atoms with Gasteiger partial charge in [-0.15, -0.1) is 0 Å². The molecule has 0 saturated heterocycles. The number of hydrogen-bond donors (Lipinski definition) is 1. The van der Waals surface area contributed by atoms with Crippen LogP contribution in [0, 0.1) is 5.41 Å². The number of allylic oxidation sites excluding steroid dienone is 3. The molecule has 1 rings (SSSR count). The van der Waals surface area contributed by atoms with Crippen molar-refractivity contribution in [2.45, 2.75) is 13.8 Å². The van der Waals surface area contributed by atoms with Crippen LogP contribution in [0.2, 0.25) is 0 Å². The lowest BCUT2D eigenvalue weighted by Gasteiger charge is -2.19. The molecule has 1 aromatic rings. The number of aliphatic imine (C=N–C) groups is 1. The van der Waals surface area contributed by atoms with Crippen LogP contribution < -0.4 is 9.47 Å². The number of aromatic nitrogens is 1.